The van der Waals surface area contributed by atoms with E-state index in [-0.39, 0.29) is 5.82 Å². The van der Waals surface area contributed by atoms with Crippen molar-refractivity contribution in [2.75, 3.05) is 13.2 Å². The molecule has 0 amide bonds. The standard InChI is InChI=1S/C16H26FNO/c1-4-5-6-7-19-16-9-14(8-15(17)10-16)12-18-11-13(2)3/h8-10,13,18H,4-7,11-12H2,1-3H3. The average Bonchev–Trinajstić information content (AvgIpc) is 2.34. The maximum absolute atomic E-state index is 13.5. The van der Waals surface area contributed by atoms with E-state index in [0.717, 1.165) is 31.4 Å². The molecule has 0 aliphatic heterocycles. The van der Waals surface area contributed by atoms with Crippen molar-refractivity contribution in [2.24, 2.45) is 5.92 Å². The summed E-state index contributed by atoms with van der Waals surface area (Å²) < 4.78 is 19.1. The van der Waals surface area contributed by atoms with Crippen LogP contribution in [-0.2, 0) is 6.54 Å². The van der Waals surface area contributed by atoms with Crippen LogP contribution in [0.25, 0.3) is 0 Å². The smallest absolute Gasteiger partial charge is 0.127 e. The first kappa shape index (κ1) is 16.0. The summed E-state index contributed by atoms with van der Waals surface area (Å²) in [5.74, 6) is 1.00. The van der Waals surface area contributed by atoms with Crippen LogP contribution in [0, 0.1) is 11.7 Å². The Bertz CT molecular complexity index is 366. The molecule has 19 heavy (non-hydrogen) atoms. The van der Waals surface area contributed by atoms with Crippen molar-refractivity contribution in [3.05, 3.63) is 29.6 Å². The Hall–Kier alpha value is -1.09. The summed E-state index contributed by atoms with van der Waals surface area (Å²) in [6, 6.07) is 4.94. The average molecular weight is 267 g/mol. The number of hydrogen-bond acceptors (Lipinski definition) is 2. The topological polar surface area (TPSA) is 21.3 Å². The summed E-state index contributed by atoms with van der Waals surface area (Å²) in [7, 11) is 0. The molecule has 0 spiro atoms. The molecule has 1 aromatic carbocycles. The fourth-order valence-corrected chi connectivity index (χ4v) is 1.85. The highest BCUT2D eigenvalue weighted by Crippen LogP contribution is 2.17. The molecule has 0 saturated carbocycles. The highest BCUT2D eigenvalue weighted by molar-refractivity contribution is 5.29. The van der Waals surface area contributed by atoms with Crippen LogP contribution in [0.2, 0.25) is 0 Å². The molecule has 0 unspecified atom stereocenters. The van der Waals surface area contributed by atoms with Crippen molar-refractivity contribution in [3.8, 4) is 5.75 Å². The third-order valence-electron chi connectivity index (χ3n) is 2.83. The summed E-state index contributed by atoms with van der Waals surface area (Å²) in [5.41, 5.74) is 0.936. The van der Waals surface area contributed by atoms with E-state index >= 15 is 0 Å². The summed E-state index contributed by atoms with van der Waals surface area (Å²) >= 11 is 0. The van der Waals surface area contributed by atoms with Gasteiger partial charge in [-0.3, -0.25) is 0 Å². The number of hydrogen-bond donors (Lipinski definition) is 1. The Morgan fingerprint density at radius 2 is 2.00 bits per heavy atom. The van der Waals surface area contributed by atoms with Gasteiger partial charge in [0.15, 0.2) is 0 Å². The Balaban J connectivity index is 2.46. The van der Waals surface area contributed by atoms with Crippen molar-refractivity contribution in [3.63, 3.8) is 0 Å². The molecule has 0 atom stereocenters. The molecule has 0 bridgehead atoms. The number of unbranched alkanes of at least 4 members (excludes halogenated alkanes) is 2. The second-order valence-electron chi connectivity index (χ2n) is 5.38. The van der Waals surface area contributed by atoms with Crippen molar-refractivity contribution in [2.45, 2.75) is 46.6 Å². The van der Waals surface area contributed by atoms with E-state index in [1.54, 1.807) is 6.07 Å². The molecule has 1 N–H and O–H groups in total. The van der Waals surface area contributed by atoms with Gasteiger partial charge in [-0.25, -0.2) is 4.39 Å². The lowest BCUT2D eigenvalue weighted by Gasteiger charge is -2.10. The first-order valence-electron chi connectivity index (χ1n) is 7.24. The Labute approximate surface area is 116 Å². The molecule has 0 aromatic heterocycles. The van der Waals surface area contributed by atoms with Gasteiger partial charge in [0, 0.05) is 12.6 Å². The lowest BCUT2D eigenvalue weighted by Crippen LogP contribution is -2.19. The number of nitrogens with one attached hydrogen (secondary N) is 1. The van der Waals surface area contributed by atoms with E-state index in [0.29, 0.717) is 24.8 Å². The summed E-state index contributed by atoms with van der Waals surface area (Å²) in [4.78, 5) is 0. The molecule has 1 rings (SSSR count). The Kier molecular flexibility index (Phi) is 7.49. The highest BCUT2D eigenvalue weighted by atomic mass is 19.1. The molecule has 0 fully saturated rings. The molecular weight excluding hydrogens is 241 g/mol. The number of ether oxygens (including phenoxy) is 1. The maximum Gasteiger partial charge on any atom is 0.127 e. The predicted molar refractivity (Wildman–Crippen MR) is 78.0 cm³/mol. The fourth-order valence-electron chi connectivity index (χ4n) is 1.85. The van der Waals surface area contributed by atoms with Gasteiger partial charge in [0.2, 0.25) is 0 Å². The van der Waals surface area contributed by atoms with Crippen LogP contribution in [0.5, 0.6) is 5.75 Å². The van der Waals surface area contributed by atoms with E-state index < -0.39 is 0 Å². The van der Waals surface area contributed by atoms with Gasteiger partial charge in [0.05, 0.1) is 6.61 Å². The number of rotatable bonds is 9. The van der Waals surface area contributed by atoms with Crippen molar-refractivity contribution >= 4 is 0 Å². The third-order valence-corrected chi connectivity index (χ3v) is 2.83. The van der Waals surface area contributed by atoms with E-state index in [9.17, 15) is 4.39 Å². The minimum atomic E-state index is -0.227. The molecule has 0 aliphatic rings. The first-order chi connectivity index (χ1) is 9.11. The van der Waals surface area contributed by atoms with Crippen LogP contribution in [0.1, 0.15) is 45.6 Å². The zero-order chi connectivity index (χ0) is 14.1. The second kappa shape index (κ2) is 8.92. The first-order valence-corrected chi connectivity index (χ1v) is 7.24. The van der Waals surface area contributed by atoms with Crippen molar-refractivity contribution in [1.82, 2.24) is 5.32 Å². The molecule has 3 heteroatoms. The molecule has 108 valence electrons. The zero-order valence-electron chi connectivity index (χ0n) is 12.3. The molecule has 0 saturated heterocycles. The monoisotopic (exact) mass is 267 g/mol. The van der Waals surface area contributed by atoms with Gasteiger partial charge in [-0.1, -0.05) is 33.6 Å². The minimum Gasteiger partial charge on any atom is -0.493 e. The summed E-state index contributed by atoms with van der Waals surface area (Å²) in [6.45, 7) is 8.74. The van der Waals surface area contributed by atoms with Gasteiger partial charge in [-0.2, -0.15) is 0 Å². The highest BCUT2D eigenvalue weighted by Gasteiger charge is 2.02. The van der Waals surface area contributed by atoms with Gasteiger partial charge in [0.25, 0.3) is 0 Å². The lowest BCUT2D eigenvalue weighted by molar-refractivity contribution is 0.304. The normalized spacial score (nSPS) is 11.0. The SMILES string of the molecule is CCCCCOc1cc(F)cc(CNCC(C)C)c1. The Morgan fingerprint density at radius 1 is 1.21 bits per heavy atom. The lowest BCUT2D eigenvalue weighted by atomic mass is 10.2. The summed E-state index contributed by atoms with van der Waals surface area (Å²) in [6.07, 6.45) is 3.34. The fraction of sp³-hybridized carbons (Fsp3) is 0.625. The zero-order valence-corrected chi connectivity index (χ0v) is 12.3. The van der Waals surface area contributed by atoms with Gasteiger partial charge in [-0.05, 0) is 36.6 Å². The molecule has 0 heterocycles. The van der Waals surface area contributed by atoms with E-state index in [2.05, 4.69) is 26.1 Å². The quantitative estimate of drug-likeness (QED) is 0.679. The number of halogens is 1. The second-order valence-corrected chi connectivity index (χ2v) is 5.38. The van der Waals surface area contributed by atoms with Crippen LogP contribution in [0.4, 0.5) is 4.39 Å². The van der Waals surface area contributed by atoms with Crippen LogP contribution in [0.3, 0.4) is 0 Å². The van der Waals surface area contributed by atoms with E-state index in [4.69, 9.17) is 4.74 Å². The molecule has 0 aliphatic carbocycles. The Morgan fingerprint density at radius 3 is 2.68 bits per heavy atom. The third kappa shape index (κ3) is 7.16. The van der Waals surface area contributed by atoms with Crippen LogP contribution < -0.4 is 10.1 Å². The summed E-state index contributed by atoms with van der Waals surface area (Å²) in [5, 5.41) is 3.31. The molecule has 2 nitrogen and oxygen atoms in total. The van der Waals surface area contributed by atoms with Crippen molar-refractivity contribution in [1.29, 1.82) is 0 Å². The van der Waals surface area contributed by atoms with Gasteiger partial charge in [-0.15, -0.1) is 0 Å². The maximum atomic E-state index is 13.5. The predicted octanol–water partition coefficient (Wildman–Crippen LogP) is 4.14. The van der Waals surface area contributed by atoms with Crippen molar-refractivity contribution < 1.29 is 9.13 Å². The minimum absolute atomic E-state index is 0.227. The molecule has 1 aromatic rings. The van der Waals surface area contributed by atoms with Crippen LogP contribution >= 0.6 is 0 Å². The largest absolute Gasteiger partial charge is 0.493 e. The molecular formula is C16H26FNO. The van der Waals surface area contributed by atoms with Gasteiger partial charge in [0.1, 0.15) is 11.6 Å². The van der Waals surface area contributed by atoms with E-state index in [1.807, 2.05) is 6.07 Å². The van der Waals surface area contributed by atoms with Crippen LogP contribution in [-0.4, -0.2) is 13.2 Å². The van der Waals surface area contributed by atoms with Gasteiger partial charge >= 0.3 is 0 Å². The van der Waals surface area contributed by atoms with Crippen LogP contribution in [0.15, 0.2) is 18.2 Å². The van der Waals surface area contributed by atoms with E-state index in [1.165, 1.54) is 6.07 Å². The van der Waals surface area contributed by atoms with Gasteiger partial charge < -0.3 is 10.1 Å². The molecule has 0 radical (unpaired) electrons. The number of benzene rings is 1.